The minimum absolute atomic E-state index is 0.126. The lowest BCUT2D eigenvalue weighted by Crippen LogP contribution is -2.21. The fourth-order valence-corrected chi connectivity index (χ4v) is 4.26. The van der Waals surface area contributed by atoms with Gasteiger partial charge in [-0.05, 0) is 30.3 Å². The molecule has 2 aromatic carbocycles. The number of carbonyl (C=O) groups is 1. The van der Waals surface area contributed by atoms with Crippen molar-refractivity contribution in [3.05, 3.63) is 76.5 Å². The first kappa shape index (κ1) is 21.5. The molecule has 0 saturated carbocycles. The lowest BCUT2D eigenvalue weighted by Gasteiger charge is -2.15. The molecule has 0 atom stereocenters. The lowest BCUT2D eigenvalue weighted by atomic mass is 10.2. The summed E-state index contributed by atoms with van der Waals surface area (Å²) in [5.41, 5.74) is 1.58. The normalized spacial score (nSPS) is 10.8. The highest BCUT2D eigenvalue weighted by atomic mass is 32.2. The molecule has 4 aromatic rings. The summed E-state index contributed by atoms with van der Waals surface area (Å²) in [7, 11) is 4.37. The molecule has 0 radical (unpaired) electrons. The van der Waals surface area contributed by atoms with Gasteiger partial charge in [0.1, 0.15) is 0 Å². The van der Waals surface area contributed by atoms with Gasteiger partial charge in [-0.1, -0.05) is 23.9 Å². The monoisotopic (exact) mass is 452 g/mol. The number of furan rings is 1. The van der Waals surface area contributed by atoms with Crippen LogP contribution in [-0.2, 0) is 10.5 Å². The van der Waals surface area contributed by atoms with Crippen molar-refractivity contribution in [2.45, 2.75) is 10.9 Å². The zero-order valence-electron chi connectivity index (χ0n) is 17.7. The van der Waals surface area contributed by atoms with Gasteiger partial charge in [-0.2, -0.15) is 0 Å². The number of aromatic nitrogens is 2. The van der Waals surface area contributed by atoms with E-state index in [0.29, 0.717) is 44.6 Å². The summed E-state index contributed by atoms with van der Waals surface area (Å²) < 4.78 is 22.3. The molecule has 0 amide bonds. The van der Waals surface area contributed by atoms with Gasteiger partial charge in [-0.3, -0.25) is 9.36 Å². The molecule has 0 aliphatic carbocycles. The molecule has 0 spiro atoms. The van der Waals surface area contributed by atoms with E-state index < -0.39 is 5.97 Å². The Balaban J connectivity index is 1.83. The van der Waals surface area contributed by atoms with E-state index in [4.69, 9.17) is 23.6 Å². The molecule has 32 heavy (non-hydrogen) atoms. The number of thioether (sulfide) groups is 1. The molecule has 0 fully saturated rings. The summed E-state index contributed by atoms with van der Waals surface area (Å²) >= 11 is 1.31. The molecule has 0 aliphatic rings. The molecular formula is C23H20N2O6S. The number of hydrogen-bond acceptors (Lipinski definition) is 8. The Bertz CT molecular complexity index is 1340. The predicted molar refractivity (Wildman–Crippen MR) is 120 cm³/mol. The summed E-state index contributed by atoms with van der Waals surface area (Å²) in [6.07, 6.45) is 1.43. The van der Waals surface area contributed by atoms with Crippen molar-refractivity contribution in [1.29, 1.82) is 0 Å². The second-order valence-corrected chi connectivity index (χ2v) is 7.59. The highest BCUT2D eigenvalue weighted by Crippen LogP contribution is 2.31. The predicted octanol–water partition coefficient (Wildman–Crippen LogP) is 4.07. The quantitative estimate of drug-likeness (QED) is 0.235. The number of rotatable bonds is 7. The molecule has 2 aromatic heterocycles. The molecule has 2 heterocycles. The molecule has 0 bridgehead atoms. The van der Waals surface area contributed by atoms with Crippen LogP contribution in [0.3, 0.4) is 0 Å². The number of benzene rings is 2. The first-order chi connectivity index (χ1) is 15.6. The fraction of sp³-hybridized carbons (Fsp3) is 0.174. The van der Waals surface area contributed by atoms with Crippen LogP contribution in [0, 0.1) is 0 Å². The highest BCUT2D eigenvalue weighted by molar-refractivity contribution is 7.98. The molecule has 8 nitrogen and oxygen atoms in total. The van der Waals surface area contributed by atoms with E-state index in [0.717, 1.165) is 0 Å². The maximum atomic E-state index is 13.4. The second kappa shape index (κ2) is 9.19. The smallest absolute Gasteiger partial charge is 0.374 e. The van der Waals surface area contributed by atoms with Crippen molar-refractivity contribution in [3.8, 4) is 17.2 Å². The topological polar surface area (TPSA) is 92.8 Å². The SMILES string of the molecule is COC(=O)c1occc1CSc1nc2ccccc2c(=O)n1-c1ccc(OC)c(OC)c1. The maximum absolute atomic E-state index is 13.4. The van der Waals surface area contributed by atoms with E-state index in [1.54, 1.807) is 49.6 Å². The van der Waals surface area contributed by atoms with Gasteiger partial charge >= 0.3 is 5.97 Å². The van der Waals surface area contributed by atoms with Gasteiger partial charge in [0.05, 0.1) is 44.2 Å². The zero-order chi connectivity index (χ0) is 22.7. The number of nitrogens with zero attached hydrogens (tertiary/aromatic N) is 2. The van der Waals surface area contributed by atoms with Gasteiger partial charge in [-0.15, -0.1) is 0 Å². The number of hydrogen-bond donors (Lipinski definition) is 0. The van der Waals surface area contributed by atoms with Crippen LogP contribution >= 0.6 is 11.8 Å². The molecule has 4 rings (SSSR count). The fourth-order valence-electron chi connectivity index (χ4n) is 3.26. The summed E-state index contributed by atoms with van der Waals surface area (Å²) in [4.78, 5) is 30.1. The third-order valence-electron chi connectivity index (χ3n) is 4.84. The lowest BCUT2D eigenvalue weighted by molar-refractivity contribution is 0.0564. The summed E-state index contributed by atoms with van der Waals surface area (Å²) in [6.45, 7) is 0. The minimum Gasteiger partial charge on any atom is -0.493 e. The average molecular weight is 452 g/mol. The third-order valence-corrected chi connectivity index (χ3v) is 5.83. The molecule has 164 valence electrons. The van der Waals surface area contributed by atoms with Gasteiger partial charge in [0.15, 0.2) is 16.7 Å². The summed E-state index contributed by atoms with van der Waals surface area (Å²) in [5.74, 6) is 0.950. The number of methoxy groups -OCH3 is 3. The Morgan fingerprint density at radius 1 is 1.06 bits per heavy atom. The van der Waals surface area contributed by atoms with Crippen molar-refractivity contribution >= 4 is 28.6 Å². The van der Waals surface area contributed by atoms with E-state index in [2.05, 4.69) is 0 Å². The van der Waals surface area contributed by atoms with Gasteiger partial charge in [-0.25, -0.2) is 9.78 Å². The van der Waals surface area contributed by atoms with Crippen molar-refractivity contribution in [3.63, 3.8) is 0 Å². The second-order valence-electron chi connectivity index (χ2n) is 6.65. The highest BCUT2D eigenvalue weighted by Gasteiger charge is 2.19. The Labute approximate surface area is 187 Å². The van der Waals surface area contributed by atoms with Crippen LogP contribution in [0.4, 0.5) is 0 Å². The van der Waals surface area contributed by atoms with Gasteiger partial charge in [0.25, 0.3) is 5.56 Å². The Morgan fingerprint density at radius 3 is 2.59 bits per heavy atom. The van der Waals surface area contributed by atoms with E-state index in [1.807, 2.05) is 6.07 Å². The van der Waals surface area contributed by atoms with E-state index in [9.17, 15) is 9.59 Å². The van der Waals surface area contributed by atoms with E-state index in [-0.39, 0.29) is 11.3 Å². The van der Waals surface area contributed by atoms with Crippen LogP contribution in [0.2, 0.25) is 0 Å². The molecule has 0 unspecified atom stereocenters. The van der Waals surface area contributed by atoms with Crippen molar-refractivity contribution < 1.29 is 23.4 Å². The number of para-hydroxylation sites is 1. The van der Waals surface area contributed by atoms with Crippen molar-refractivity contribution in [2.24, 2.45) is 0 Å². The number of esters is 1. The third kappa shape index (κ3) is 3.94. The molecule has 9 heteroatoms. The number of fused-ring (bicyclic) bond motifs is 1. The standard InChI is InChI=1S/C23H20N2O6S/c1-28-18-9-8-15(12-19(18)29-2)25-21(26)16-6-4-5-7-17(16)24-23(25)32-13-14-10-11-31-20(14)22(27)30-3/h4-12H,13H2,1-3H3. The first-order valence-corrected chi connectivity index (χ1v) is 10.6. The van der Waals surface area contributed by atoms with Crippen LogP contribution in [-0.4, -0.2) is 36.8 Å². The van der Waals surface area contributed by atoms with Gasteiger partial charge in [0, 0.05) is 17.4 Å². The number of carbonyl (C=O) groups excluding carboxylic acids is 1. The molecule has 0 N–H and O–H groups in total. The molecular weight excluding hydrogens is 432 g/mol. The Hall–Kier alpha value is -3.72. The van der Waals surface area contributed by atoms with Crippen LogP contribution in [0.15, 0.2) is 69.2 Å². The van der Waals surface area contributed by atoms with Crippen LogP contribution in [0.1, 0.15) is 16.1 Å². The van der Waals surface area contributed by atoms with Crippen LogP contribution < -0.4 is 15.0 Å². The van der Waals surface area contributed by atoms with Crippen LogP contribution in [0.25, 0.3) is 16.6 Å². The Morgan fingerprint density at radius 2 is 1.84 bits per heavy atom. The Kier molecular flexibility index (Phi) is 6.18. The maximum Gasteiger partial charge on any atom is 0.374 e. The largest absolute Gasteiger partial charge is 0.493 e. The van der Waals surface area contributed by atoms with Gasteiger partial charge in [0.2, 0.25) is 5.76 Å². The summed E-state index contributed by atoms with van der Waals surface area (Å²) in [5, 5.41) is 0.947. The summed E-state index contributed by atoms with van der Waals surface area (Å²) in [6, 6.07) is 14.1. The van der Waals surface area contributed by atoms with Gasteiger partial charge < -0.3 is 18.6 Å². The van der Waals surface area contributed by atoms with Crippen molar-refractivity contribution in [2.75, 3.05) is 21.3 Å². The molecule has 0 aliphatic heterocycles. The molecule has 0 saturated heterocycles. The minimum atomic E-state index is -0.561. The first-order valence-electron chi connectivity index (χ1n) is 9.59. The van der Waals surface area contributed by atoms with E-state index in [1.165, 1.54) is 36.8 Å². The van der Waals surface area contributed by atoms with E-state index >= 15 is 0 Å². The van der Waals surface area contributed by atoms with Crippen LogP contribution in [0.5, 0.6) is 11.5 Å². The number of ether oxygens (including phenoxy) is 3. The average Bonchev–Trinajstić information content (AvgIpc) is 3.30. The van der Waals surface area contributed by atoms with Crippen molar-refractivity contribution in [1.82, 2.24) is 9.55 Å². The zero-order valence-corrected chi connectivity index (χ0v) is 18.5.